The number of nitrogens with zero attached hydrogens (tertiary/aromatic N) is 2. The summed E-state index contributed by atoms with van der Waals surface area (Å²) in [5, 5.41) is 2.91. The molecule has 0 aliphatic carbocycles. The number of carbonyl (C=O) groups excluding carboxylic acids is 1. The van der Waals surface area contributed by atoms with Crippen molar-refractivity contribution in [2.24, 2.45) is 0 Å². The fourth-order valence-corrected chi connectivity index (χ4v) is 3.70. The van der Waals surface area contributed by atoms with Crippen LogP contribution in [0.2, 0.25) is 0 Å². The van der Waals surface area contributed by atoms with Gasteiger partial charge in [-0.15, -0.1) is 0 Å². The summed E-state index contributed by atoms with van der Waals surface area (Å²) < 4.78 is 5.90. The Morgan fingerprint density at radius 2 is 1.58 bits per heavy atom. The summed E-state index contributed by atoms with van der Waals surface area (Å²) in [4.78, 5) is 19.1. The molecule has 168 valence electrons. The van der Waals surface area contributed by atoms with Crippen molar-refractivity contribution in [2.45, 2.75) is 33.0 Å². The van der Waals surface area contributed by atoms with Crippen molar-refractivity contribution in [1.29, 1.82) is 0 Å². The van der Waals surface area contributed by atoms with Crippen LogP contribution in [0, 0.1) is 6.92 Å². The zero-order valence-electron chi connectivity index (χ0n) is 18.9. The van der Waals surface area contributed by atoms with E-state index in [9.17, 15) is 4.79 Å². The monoisotopic (exact) mass is 439 g/mol. The summed E-state index contributed by atoms with van der Waals surface area (Å²) in [5.74, 6) is 0.902. The fraction of sp³-hybridized carbons (Fsp3) is 0.214. The molecule has 2 aromatic heterocycles. The average Bonchev–Trinajstić information content (AvgIpc) is 3.30. The lowest BCUT2D eigenvalue weighted by molar-refractivity contribution is 0.0922. The molecule has 0 aliphatic heterocycles. The van der Waals surface area contributed by atoms with Crippen LogP contribution in [0.3, 0.4) is 0 Å². The Hall–Kier alpha value is -3.70. The van der Waals surface area contributed by atoms with E-state index in [-0.39, 0.29) is 5.91 Å². The van der Waals surface area contributed by atoms with Crippen LogP contribution in [0.4, 0.5) is 0 Å². The second-order valence-electron chi connectivity index (χ2n) is 8.21. The lowest BCUT2D eigenvalue weighted by Gasteiger charge is -2.21. The SMILES string of the molecule is Cc1ccc(CN(Cc2ccccc2)Cc2ccc(C(=O)NCCc3ccccn3)o2)cc1. The van der Waals surface area contributed by atoms with Gasteiger partial charge in [0.15, 0.2) is 5.76 Å². The zero-order chi connectivity index (χ0) is 22.9. The number of hydrogen-bond donors (Lipinski definition) is 1. The smallest absolute Gasteiger partial charge is 0.287 e. The summed E-state index contributed by atoms with van der Waals surface area (Å²) in [7, 11) is 0. The highest BCUT2D eigenvalue weighted by Crippen LogP contribution is 2.17. The molecular weight excluding hydrogens is 410 g/mol. The molecular formula is C28H29N3O2. The first-order valence-electron chi connectivity index (χ1n) is 11.2. The summed E-state index contributed by atoms with van der Waals surface area (Å²) in [5.41, 5.74) is 4.68. The van der Waals surface area contributed by atoms with Crippen LogP contribution >= 0.6 is 0 Å². The van der Waals surface area contributed by atoms with E-state index in [0.717, 1.165) is 24.5 Å². The van der Waals surface area contributed by atoms with Crippen LogP contribution in [-0.4, -0.2) is 22.3 Å². The van der Waals surface area contributed by atoms with E-state index in [4.69, 9.17) is 4.42 Å². The molecule has 0 saturated heterocycles. The molecule has 5 nitrogen and oxygen atoms in total. The molecule has 4 rings (SSSR count). The molecule has 0 spiro atoms. The molecule has 0 saturated carbocycles. The minimum Gasteiger partial charge on any atom is -0.455 e. The number of hydrogen-bond acceptors (Lipinski definition) is 4. The van der Waals surface area contributed by atoms with E-state index in [1.54, 1.807) is 12.3 Å². The Labute approximate surface area is 195 Å². The van der Waals surface area contributed by atoms with E-state index < -0.39 is 0 Å². The van der Waals surface area contributed by atoms with E-state index in [2.05, 4.69) is 70.7 Å². The molecule has 2 aromatic carbocycles. The minimum absolute atomic E-state index is 0.203. The van der Waals surface area contributed by atoms with Crippen LogP contribution in [0.25, 0.3) is 0 Å². The highest BCUT2D eigenvalue weighted by molar-refractivity contribution is 5.91. The summed E-state index contributed by atoms with van der Waals surface area (Å²) in [6.45, 7) is 4.81. The van der Waals surface area contributed by atoms with Gasteiger partial charge in [0, 0.05) is 37.9 Å². The van der Waals surface area contributed by atoms with Crippen molar-refractivity contribution in [1.82, 2.24) is 15.2 Å². The number of benzene rings is 2. The standard InChI is InChI=1S/C28H29N3O2/c1-22-10-12-24(13-11-22)20-31(19-23-7-3-2-4-8-23)21-26-14-15-27(33-26)28(32)30-18-16-25-9-5-6-17-29-25/h2-15,17H,16,18-21H2,1H3,(H,30,32). The molecule has 0 bridgehead atoms. The summed E-state index contributed by atoms with van der Waals surface area (Å²) >= 11 is 0. The van der Waals surface area contributed by atoms with Gasteiger partial charge in [-0.3, -0.25) is 14.7 Å². The van der Waals surface area contributed by atoms with E-state index in [0.29, 0.717) is 25.3 Å². The Bertz CT molecular complexity index is 1140. The number of rotatable bonds is 10. The van der Waals surface area contributed by atoms with Crippen molar-refractivity contribution in [3.05, 3.63) is 125 Å². The number of carbonyl (C=O) groups is 1. The van der Waals surface area contributed by atoms with Crippen molar-refractivity contribution < 1.29 is 9.21 Å². The first kappa shape index (κ1) is 22.5. The second-order valence-corrected chi connectivity index (χ2v) is 8.21. The Morgan fingerprint density at radius 3 is 2.30 bits per heavy atom. The van der Waals surface area contributed by atoms with Crippen LogP contribution in [-0.2, 0) is 26.1 Å². The van der Waals surface area contributed by atoms with Crippen molar-refractivity contribution in [3.63, 3.8) is 0 Å². The first-order valence-corrected chi connectivity index (χ1v) is 11.2. The van der Waals surface area contributed by atoms with Gasteiger partial charge in [-0.05, 0) is 42.3 Å². The number of aromatic nitrogens is 1. The van der Waals surface area contributed by atoms with Gasteiger partial charge in [0.1, 0.15) is 5.76 Å². The molecule has 33 heavy (non-hydrogen) atoms. The maximum absolute atomic E-state index is 12.5. The topological polar surface area (TPSA) is 58.4 Å². The second kappa shape index (κ2) is 11.2. The van der Waals surface area contributed by atoms with Gasteiger partial charge in [0.05, 0.1) is 6.54 Å². The van der Waals surface area contributed by atoms with Gasteiger partial charge in [-0.1, -0.05) is 66.2 Å². The van der Waals surface area contributed by atoms with Gasteiger partial charge < -0.3 is 9.73 Å². The molecule has 0 atom stereocenters. The van der Waals surface area contributed by atoms with Crippen molar-refractivity contribution >= 4 is 5.91 Å². The Balaban J connectivity index is 1.38. The quantitative estimate of drug-likeness (QED) is 0.371. The third kappa shape index (κ3) is 6.89. The number of pyridine rings is 1. The Morgan fingerprint density at radius 1 is 0.848 bits per heavy atom. The summed E-state index contributed by atoms with van der Waals surface area (Å²) in [6, 6.07) is 28.4. The average molecular weight is 440 g/mol. The molecule has 0 fully saturated rings. The minimum atomic E-state index is -0.203. The van der Waals surface area contributed by atoms with Gasteiger partial charge in [0.25, 0.3) is 5.91 Å². The molecule has 0 unspecified atom stereocenters. The van der Waals surface area contributed by atoms with E-state index in [1.165, 1.54) is 16.7 Å². The number of amides is 1. The third-order valence-corrected chi connectivity index (χ3v) is 5.43. The van der Waals surface area contributed by atoms with Crippen LogP contribution in [0.1, 0.15) is 38.7 Å². The molecule has 1 N–H and O–H groups in total. The molecule has 1 amide bonds. The first-order chi connectivity index (χ1) is 16.2. The highest BCUT2D eigenvalue weighted by atomic mass is 16.4. The predicted octanol–water partition coefficient (Wildman–Crippen LogP) is 5.16. The lowest BCUT2D eigenvalue weighted by Crippen LogP contribution is -2.25. The van der Waals surface area contributed by atoms with Crippen molar-refractivity contribution in [2.75, 3.05) is 6.54 Å². The molecule has 2 heterocycles. The van der Waals surface area contributed by atoms with Gasteiger partial charge in [0.2, 0.25) is 0 Å². The molecule has 4 aromatic rings. The van der Waals surface area contributed by atoms with Crippen LogP contribution in [0.15, 0.2) is 95.5 Å². The number of nitrogens with one attached hydrogen (secondary N) is 1. The Kier molecular flexibility index (Phi) is 7.67. The maximum Gasteiger partial charge on any atom is 0.287 e. The van der Waals surface area contributed by atoms with Crippen molar-refractivity contribution in [3.8, 4) is 0 Å². The predicted molar refractivity (Wildman–Crippen MR) is 130 cm³/mol. The molecule has 0 aliphatic rings. The highest BCUT2D eigenvalue weighted by Gasteiger charge is 2.14. The third-order valence-electron chi connectivity index (χ3n) is 5.43. The van der Waals surface area contributed by atoms with Gasteiger partial charge in [-0.2, -0.15) is 0 Å². The molecule has 0 radical (unpaired) electrons. The fourth-order valence-electron chi connectivity index (χ4n) is 3.70. The van der Waals surface area contributed by atoms with Gasteiger partial charge >= 0.3 is 0 Å². The van der Waals surface area contributed by atoms with Crippen LogP contribution in [0.5, 0.6) is 0 Å². The van der Waals surface area contributed by atoms with Gasteiger partial charge in [-0.25, -0.2) is 0 Å². The van der Waals surface area contributed by atoms with E-state index in [1.807, 2.05) is 30.3 Å². The van der Waals surface area contributed by atoms with E-state index >= 15 is 0 Å². The number of furan rings is 1. The molecule has 5 heteroatoms. The normalized spacial score (nSPS) is 11.0. The largest absolute Gasteiger partial charge is 0.455 e. The summed E-state index contributed by atoms with van der Waals surface area (Å²) in [6.07, 6.45) is 2.44. The number of aryl methyl sites for hydroxylation is 1. The van der Waals surface area contributed by atoms with Crippen LogP contribution < -0.4 is 5.32 Å². The zero-order valence-corrected chi connectivity index (χ0v) is 18.9. The maximum atomic E-state index is 12.5. The lowest BCUT2D eigenvalue weighted by atomic mass is 10.1.